The van der Waals surface area contributed by atoms with Crippen molar-refractivity contribution in [3.63, 3.8) is 0 Å². The van der Waals surface area contributed by atoms with E-state index in [-0.39, 0.29) is 0 Å². The van der Waals surface area contributed by atoms with Crippen LogP contribution in [-0.4, -0.2) is 0 Å². The molecule has 27 heavy (non-hydrogen) atoms. The fourth-order valence-corrected chi connectivity index (χ4v) is 3.10. The predicted molar refractivity (Wildman–Crippen MR) is 103 cm³/mol. The van der Waals surface area contributed by atoms with E-state index >= 15 is 0 Å². The molecule has 0 aromatic carbocycles. The van der Waals surface area contributed by atoms with Crippen molar-refractivity contribution in [2.75, 3.05) is 0 Å². The van der Waals surface area contributed by atoms with Crippen molar-refractivity contribution in [2.45, 2.75) is 0 Å². The lowest BCUT2D eigenvalue weighted by Crippen LogP contribution is -2.26. The molecule has 0 atom stereocenters. The lowest BCUT2D eigenvalue weighted by atomic mass is 10.0. The summed E-state index contributed by atoms with van der Waals surface area (Å²) in [5.41, 5.74) is 6.93. The van der Waals surface area contributed by atoms with Crippen LogP contribution in [0.4, 0.5) is 0 Å². The Morgan fingerprint density at radius 3 is 1.19 bits per heavy atom. The molecule has 0 saturated carbocycles. The van der Waals surface area contributed by atoms with E-state index in [1.54, 1.807) is 0 Å². The molecule has 4 heteroatoms. The van der Waals surface area contributed by atoms with Crippen LogP contribution < -0.4 is 18.7 Å². The van der Waals surface area contributed by atoms with Gasteiger partial charge in [0.05, 0.1) is 11.1 Å². The Labute approximate surface area is 159 Å². The normalized spacial score (nSPS) is 10.8. The number of aryl methyl sites for hydroxylation is 3. The molecule has 4 heterocycles. The molecule has 0 radical (unpaired) electrons. The monoisotopic (exact) mass is 356 g/mol. The van der Waals surface area contributed by atoms with Crippen LogP contribution in [0, 0.1) is 0 Å². The first-order valence-corrected chi connectivity index (χ1v) is 9.03. The maximum absolute atomic E-state index is 3.61. The van der Waals surface area contributed by atoms with Gasteiger partial charge in [-0.2, -0.15) is 0 Å². The summed E-state index contributed by atoms with van der Waals surface area (Å²) in [6.07, 6.45) is 12.4. The van der Waals surface area contributed by atoms with E-state index in [0.29, 0.717) is 0 Å². The minimum absolute atomic E-state index is 1.10. The van der Waals surface area contributed by atoms with Gasteiger partial charge in [0.15, 0.2) is 37.2 Å². The van der Waals surface area contributed by atoms with Crippen LogP contribution in [0.15, 0.2) is 85.7 Å². The van der Waals surface area contributed by atoms with Crippen molar-refractivity contribution in [2.24, 2.45) is 21.1 Å². The topological polar surface area (TPSA) is 25.8 Å². The van der Waals surface area contributed by atoms with Crippen LogP contribution >= 0.6 is 0 Å². The number of rotatable bonds is 3. The molecule has 0 bridgehead atoms. The molecular formula is C23H24N4+4. The Bertz CT molecular complexity index is 913. The molecule has 0 unspecified atom stereocenters. The third-order valence-electron chi connectivity index (χ3n) is 4.76. The van der Waals surface area contributed by atoms with Gasteiger partial charge in [0, 0.05) is 48.5 Å². The molecule has 4 aromatic rings. The summed E-state index contributed by atoms with van der Waals surface area (Å²) in [6, 6.07) is 17.3. The lowest BCUT2D eigenvalue weighted by Gasteiger charge is -2.04. The predicted octanol–water partition coefficient (Wildman–Crippen LogP) is 1.98. The highest BCUT2D eigenvalue weighted by Gasteiger charge is 2.16. The summed E-state index contributed by atoms with van der Waals surface area (Å²) in [7, 11) is 6.10. The highest BCUT2D eigenvalue weighted by Crippen LogP contribution is 2.26. The Morgan fingerprint density at radius 1 is 0.481 bits per heavy atom. The standard InChI is InChI=1S/C23H23N4/c1-25-10-4-18(5-11-25)21-16-22(19-6-12-26(2)13-7-19)24-23(17-21)20-8-14-27(3)15-9-20/h4-17H,1-3H3/q+3/p+1. The quantitative estimate of drug-likeness (QED) is 0.502. The summed E-state index contributed by atoms with van der Waals surface area (Å²) >= 11 is 0. The minimum atomic E-state index is 1.10. The first kappa shape index (κ1) is 17.0. The van der Waals surface area contributed by atoms with Crippen molar-refractivity contribution in [1.82, 2.24) is 0 Å². The molecule has 0 fully saturated rings. The second-order valence-corrected chi connectivity index (χ2v) is 6.95. The van der Waals surface area contributed by atoms with Crippen LogP contribution in [-0.2, 0) is 21.1 Å². The molecule has 1 N–H and O–H groups in total. The number of pyridine rings is 4. The molecule has 0 aliphatic rings. The lowest BCUT2D eigenvalue weighted by molar-refractivity contribution is -0.671. The molecule has 4 aromatic heterocycles. The first-order chi connectivity index (χ1) is 13.1. The molecule has 4 nitrogen and oxygen atoms in total. The van der Waals surface area contributed by atoms with Gasteiger partial charge in [-0.15, -0.1) is 0 Å². The van der Waals surface area contributed by atoms with Crippen molar-refractivity contribution < 1.29 is 18.7 Å². The first-order valence-electron chi connectivity index (χ1n) is 9.03. The van der Waals surface area contributed by atoms with E-state index in [4.69, 9.17) is 0 Å². The summed E-state index contributed by atoms with van der Waals surface area (Å²) in [6.45, 7) is 0. The third kappa shape index (κ3) is 3.75. The smallest absolute Gasteiger partial charge is 0.208 e. The van der Waals surface area contributed by atoms with Gasteiger partial charge in [-0.1, -0.05) is 0 Å². The number of aromatic nitrogens is 4. The van der Waals surface area contributed by atoms with Crippen molar-refractivity contribution in [3.05, 3.63) is 85.7 Å². The van der Waals surface area contributed by atoms with E-state index in [2.05, 4.69) is 95.3 Å². The number of hydrogen-bond acceptors (Lipinski definition) is 0. The van der Waals surface area contributed by atoms with Gasteiger partial charge in [-0.25, -0.2) is 18.7 Å². The second-order valence-electron chi connectivity index (χ2n) is 6.95. The van der Waals surface area contributed by atoms with Crippen molar-refractivity contribution in [1.29, 1.82) is 0 Å². The number of hydrogen-bond donors (Lipinski definition) is 0. The van der Waals surface area contributed by atoms with Gasteiger partial charge in [-0.3, -0.25) is 0 Å². The molecule has 0 amide bonds. The van der Waals surface area contributed by atoms with E-state index in [1.807, 2.05) is 30.3 Å². The Balaban J connectivity index is 1.89. The zero-order chi connectivity index (χ0) is 18.8. The summed E-state index contributed by atoms with van der Waals surface area (Å²) in [4.78, 5) is 3.61. The highest BCUT2D eigenvalue weighted by atomic mass is 14.9. The highest BCUT2D eigenvalue weighted by molar-refractivity contribution is 5.72. The second kappa shape index (κ2) is 7.08. The maximum atomic E-state index is 3.61. The summed E-state index contributed by atoms with van der Waals surface area (Å²) < 4.78 is 6.14. The average molecular weight is 356 g/mol. The molecule has 0 saturated heterocycles. The Kier molecular flexibility index (Phi) is 4.47. The van der Waals surface area contributed by atoms with E-state index in [1.165, 1.54) is 22.3 Å². The van der Waals surface area contributed by atoms with Gasteiger partial charge in [-0.05, 0) is 11.1 Å². The van der Waals surface area contributed by atoms with Crippen molar-refractivity contribution in [3.8, 4) is 33.6 Å². The number of nitrogens with one attached hydrogen (secondary N) is 1. The number of H-pyrrole nitrogens is 1. The zero-order valence-corrected chi connectivity index (χ0v) is 15.9. The van der Waals surface area contributed by atoms with Gasteiger partial charge in [0.1, 0.15) is 21.1 Å². The van der Waals surface area contributed by atoms with Crippen LogP contribution in [0.5, 0.6) is 0 Å². The number of aromatic amines is 1. The molecule has 132 valence electrons. The third-order valence-corrected chi connectivity index (χ3v) is 4.76. The van der Waals surface area contributed by atoms with E-state index in [0.717, 1.165) is 11.4 Å². The minimum Gasteiger partial charge on any atom is -0.208 e. The molecule has 0 aliphatic carbocycles. The SMILES string of the molecule is C[n+]1ccc(-c2cc(-c3cc[n+](C)cc3)[nH+]c(-c3cc[n+](C)cc3)c2)cc1. The van der Waals surface area contributed by atoms with Crippen molar-refractivity contribution >= 4 is 0 Å². The van der Waals surface area contributed by atoms with E-state index in [9.17, 15) is 0 Å². The fourth-order valence-electron chi connectivity index (χ4n) is 3.10. The molecule has 0 spiro atoms. The fraction of sp³-hybridized carbons (Fsp3) is 0.130. The van der Waals surface area contributed by atoms with Gasteiger partial charge >= 0.3 is 0 Å². The van der Waals surface area contributed by atoms with Crippen LogP contribution in [0.25, 0.3) is 33.6 Å². The van der Waals surface area contributed by atoms with Crippen LogP contribution in [0.2, 0.25) is 0 Å². The molecule has 0 aliphatic heterocycles. The van der Waals surface area contributed by atoms with Gasteiger partial charge in [0.2, 0.25) is 11.4 Å². The van der Waals surface area contributed by atoms with Crippen LogP contribution in [0.1, 0.15) is 0 Å². The maximum Gasteiger partial charge on any atom is 0.212 e. The molecule has 4 rings (SSSR count). The van der Waals surface area contributed by atoms with E-state index < -0.39 is 0 Å². The largest absolute Gasteiger partial charge is 0.212 e. The van der Waals surface area contributed by atoms with Gasteiger partial charge in [0.25, 0.3) is 0 Å². The summed E-state index contributed by atoms with van der Waals surface area (Å²) in [5.74, 6) is 0. The number of nitrogens with zero attached hydrogens (tertiary/aromatic N) is 3. The Hall–Kier alpha value is -3.40. The van der Waals surface area contributed by atoms with Gasteiger partial charge < -0.3 is 0 Å². The Morgan fingerprint density at radius 2 is 0.815 bits per heavy atom. The van der Waals surface area contributed by atoms with Crippen LogP contribution in [0.3, 0.4) is 0 Å². The average Bonchev–Trinajstić information content (AvgIpc) is 2.69. The summed E-state index contributed by atoms with van der Waals surface area (Å²) in [5, 5.41) is 0. The molecular weight excluding hydrogens is 332 g/mol. The zero-order valence-electron chi connectivity index (χ0n) is 15.9.